The number of para-hydroxylation sites is 2. The first-order valence-electron chi connectivity index (χ1n) is 6.66. The number of methoxy groups -OCH3 is 1. The number of carboxylic acids is 1. The number of nitrogen functional groups attached to an aromatic ring is 1. The molecule has 2 aromatic carbocycles. The van der Waals surface area contributed by atoms with Crippen LogP contribution >= 0.6 is 0 Å². The molecule has 22 heavy (non-hydrogen) atoms. The van der Waals surface area contributed by atoms with Crippen LogP contribution in [0.25, 0.3) is 22.4 Å². The summed E-state index contributed by atoms with van der Waals surface area (Å²) in [4.78, 5) is 15.8. The molecule has 0 saturated heterocycles. The SMILES string of the molecule is COc1cccc(-c2nc3c(C(=O)O)cccc3n2C)c1N. The van der Waals surface area contributed by atoms with Crippen LogP contribution in [0.5, 0.6) is 5.75 Å². The predicted molar refractivity (Wildman–Crippen MR) is 84.1 cm³/mol. The van der Waals surface area contributed by atoms with Crippen molar-refractivity contribution < 1.29 is 14.6 Å². The highest BCUT2D eigenvalue weighted by atomic mass is 16.5. The predicted octanol–water partition coefficient (Wildman–Crippen LogP) is 2.53. The number of nitrogens with zero attached hydrogens (tertiary/aromatic N) is 2. The zero-order valence-corrected chi connectivity index (χ0v) is 12.2. The monoisotopic (exact) mass is 297 g/mol. The standard InChI is InChI=1S/C16H15N3O3/c1-19-11-7-3-6-10(16(20)21)14(11)18-15(19)9-5-4-8-12(22-2)13(9)17/h3-8H,17H2,1-2H3,(H,20,21). The third-order valence-corrected chi connectivity index (χ3v) is 3.67. The number of carbonyl (C=O) groups is 1. The lowest BCUT2D eigenvalue weighted by Crippen LogP contribution is -1.99. The molecule has 6 nitrogen and oxygen atoms in total. The van der Waals surface area contributed by atoms with Crippen molar-refractivity contribution in [3.63, 3.8) is 0 Å². The number of ether oxygens (including phenoxy) is 1. The van der Waals surface area contributed by atoms with Gasteiger partial charge in [0.05, 0.1) is 23.9 Å². The smallest absolute Gasteiger partial charge is 0.337 e. The van der Waals surface area contributed by atoms with Gasteiger partial charge >= 0.3 is 5.97 Å². The van der Waals surface area contributed by atoms with Crippen molar-refractivity contribution in [2.45, 2.75) is 0 Å². The number of rotatable bonds is 3. The molecule has 1 heterocycles. The number of aryl methyl sites for hydroxylation is 1. The summed E-state index contributed by atoms with van der Waals surface area (Å²) in [5.41, 5.74) is 8.64. The Hall–Kier alpha value is -3.02. The summed E-state index contributed by atoms with van der Waals surface area (Å²) in [5.74, 6) is 0.150. The van der Waals surface area contributed by atoms with Gasteiger partial charge in [-0.2, -0.15) is 0 Å². The molecule has 0 aliphatic carbocycles. The Morgan fingerprint density at radius 1 is 1.27 bits per heavy atom. The highest BCUT2D eigenvalue weighted by Crippen LogP contribution is 2.34. The number of nitrogens with two attached hydrogens (primary N) is 1. The van der Waals surface area contributed by atoms with Crippen molar-refractivity contribution in [2.24, 2.45) is 7.05 Å². The summed E-state index contributed by atoms with van der Waals surface area (Å²) >= 11 is 0. The van der Waals surface area contributed by atoms with E-state index < -0.39 is 5.97 Å². The van der Waals surface area contributed by atoms with Crippen LogP contribution in [0.1, 0.15) is 10.4 Å². The van der Waals surface area contributed by atoms with Gasteiger partial charge in [0.25, 0.3) is 0 Å². The van der Waals surface area contributed by atoms with Crippen molar-refractivity contribution in [3.8, 4) is 17.1 Å². The molecule has 1 aromatic heterocycles. The van der Waals surface area contributed by atoms with E-state index in [-0.39, 0.29) is 5.56 Å². The average Bonchev–Trinajstić information content (AvgIpc) is 2.84. The van der Waals surface area contributed by atoms with Crippen LogP contribution in [0.2, 0.25) is 0 Å². The van der Waals surface area contributed by atoms with E-state index in [1.54, 1.807) is 19.2 Å². The Balaban J connectivity index is 2.31. The molecule has 0 amide bonds. The lowest BCUT2D eigenvalue weighted by molar-refractivity contribution is 0.0699. The van der Waals surface area contributed by atoms with Crippen LogP contribution < -0.4 is 10.5 Å². The van der Waals surface area contributed by atoms with Crippen LogP contribution in [0.15, 0.2) is 36.4 Å². The van der Waals surface area contributed by atoms with E-state index in [4.69, 9.17) is 10.5 Å². The highest BCUT2D eigenvalue weighted by Gasteiger charge is 2.18. The van der Waals surface area contributed by atoms with Gasteiger partial charge in [0.2, 0.25) is 0 Å². The fourth-order valence-electron chi connectivity index (χ4n) is 2.54. The maximum Gasteiger partial charge on any atom is 0.337 e. The summed E-state index contributed by atoms with van der Waals surface area (Å²) in [5, 5.41) is 9.30. The third-order valence-electron chi connectivity index (χ3n) is 3.67. The van der Waals surface area contributed by atoms with Gasteiger partial charge < -0.3 is 20.1 Å². The van der Waals surface area contributed by atoms with Gasteiger partial charge in [0.1, 0.15) is 17.1 Å². The molecule has 0 fully saturated rings. The number of aromatic carboxylic acids is 1. The zero-order valence-electron chi connectivity index (χ0n) is 12.2. The number of fused-ring (bicyclic) bond motifs is 1. The molecule has 3 aromatic rings. The molecule has 0 saturated carbocycles. The Bertz CT molecular complexity index is 884. The number of benzene rings is 2. The van der Waals surface area contributed by atoms with Gasteiger partial charge in [-0.1, -0.05) is 12.1 Å². The third kappa shape index (κ3) is 1.96. The first-order chi connectivity index (χ1) is 10.5. The molecular weight excluding hydrogens is 282 g/mol. The van der Waals surface area contributed by atoms with Crippen LogP contribution in [-0.4, -0.2) is 27.7 Å². The van der Waals surface area contributed by atoms with Crippen molar-refractivity contribution in [1.29, 1.82) is 0 Å². The lowest BCUT2D eigenvalue weighted by atomic mass is 10.1. The topological polar surface area (TPSA) is 90.4 Å². The minimum absolute atomic E-state index is 0.167. The second-order valence-electron chi connectivity index (χ2n) is 4.89. The Morgan fingerprint density at radius 3 is 2.68 bits per heavy atom. The van der Waals surface area contributed by atoms with E-state index in [9.17, 15) is 9.90 Å². The van der Waals surface area contributed by atoms with Crippen molar-refractivity contribution in [1.82, 2.24) is 9.55 Å². The maximum atomic E-state index is 11.3. The van der Waals surface area contributed by atoms with E-state index in [0.717, 1.165) is 5.52 Å². The minimum atomic E-state index is -1.01. The number of anilines is 1. The van der Waals surface area contributed by atoms with Gasteiger partial charge in [-0.25, -0.2) is 9.78 Å². The number of imidazole rings is 1. The normalized spacial score (nSPS) is 10.8. The second kappa shape index (κ2) is 5.07. The Kier molecular flexibility index (Phi) is 3.21. The van der Waals surface area contributed by atoms with Crippen LogP contribution in [0.4, 0.5) is 5.69 Å². The summed E-state index contributed by atoms with van der Waals surface area (Å²) in [6.07, 6.45) is 0. The van der Waals surface area contributed by atoms with Crippen LogP contribution in [0, 0.1) is 0 Å². The van der Waals surface area contributed by atoms with Gasteiger partial charge in [0, 0.05) is 12.6 Å². The van der Waals surface area contributed by atoms with Gasteiger partial charge in [0.15, 0.2) is 0 Å². The Morgan fingerprint density at radius 2 is 2.00 bits per heavy atom. The highest BCUT2D eigenvalue weighted by molar-refractivity contribution is 6.02. The first-order valence-corrected chi connectivity index (χ1v) is 6.66. The first kappa shape index (κ1) is 13.9. The van der Waals surface area contributed by atoms with Crippen molar-refractivity contribution in [2.75, 3.05) is 12.8 Å². The van der Waals surface area contributed by atoms with Gasteiger partial charge in [-0.05, 0) is 24.3 Å². The maximum absolute atomic E-state index is 11.3. The summed E-state index contributed by atoms with van der Waals surface area (Å²) in [6, 6.07) is 10.5. The molecule has 112 valence electrons. The molecule has 6 heteroatoms. The summed E-state index contributed by atoms with van der Waals surface area (Å²) < 4.78 is 7.05. The molecular formula is C16H15N3O3. The number of carboxylic acid groups (broad SMARTS) is 1. The average molecular weight is 297 g/mol. The van der Waals surface area contributed by atoms with Crippen LogP contribution in [0.3, 0.4) is 0 Å². The molecule has 0 radical (unpaired) electrons. The molecule has 0 aliphatic heterocycles. The fourth-order valence-corrected chi connectivity index (χ4v) is 2.54. The van der Waals surface area contributed by atoms with E-state index in [1.807, 2.05) is 29.8 Å². The largest absolute Gasteiger partial charge is 0.495 e. The zero-order chi connectivity index (χ0) is 15.9. The number of hydrogen-bond acceptors (Lipinski definition) is 4. The molecule has 3 N–H and O–H groups in total. The minimum Gasteiger partial charge on any atom is -0.495 e. The molecule has 3 rings (SSSR count). The molecule has 0 atom stereocenters. The lowest BCUT2D eigenvalue weighted by Gasteiger charge is -2.09. The number of hydrogen-bond donors (Lipinski definition) is 2. The molecule has 0 aliphatic rings. The van der Waals surface area contributed by atoms with Crippen molar-refractivity contribution >= 4 is 22.7 Å². The molecule has 0 unspecified atom stereocenters. The van der Waals surface area contributed by atoms with Crippen LogP contribution in [-0.2, 0) is 7.05 Å². The summed E-state index contributed by atoms with van der Waals surface area (Å²) in [7, 11) is 3.38. The quantitative estimate of drug-likeness (QED) is 0.725. The van der Waals surface area contributed by atoms with Crippen molar-refractivity contribution in [3.05, 3.63) is 42.0 Å². The van der Waals surface area contributed by atoms with Gasteiger partial charge in [-0.15, -0.1) is 0 Å². The van der Waals surface area contributed by atoms with Gasteiger partial charge in [-0.3, -0.25) is 0 Å². The fraction of sp³-hybridized carbons (Fsp3) is 0.125. The van der Waals surface area contributed by atoms with E-state index >= 15 is 0 Å². The second-order valence-corrected chi connectivity index (χ2v) is 4.89. The van der Waals surface area contributed by atoms with E-state index in [0.29, 0.717) is 28.3 Å². The Labute approximate surface area is 126 Å². The summed E-state index contributed by atoms with van der Waals surface area (Å²) in [6.45, 7) is 0. The molecule has 0 bridgehead atoms. The van der Waals surface area contributed by atoms with E-state index in [2.05, 4.69) is 4.98 Å². The van der Waals surface area contributed by atoms with E-state index in [1.165, 1.54) is 6.07 Å². The molecule has 0 spiro atoms. The number of aromatic nitrogens is 2.